The second-order valence-corrected chi connectivity index (χ2v) is 7.90. The fourth-order valence-corrected chi connectivity index (χ4v) is 4.67. The molecule has 2 amide bonds. The van der Waals surface area contributed by atoms with Crippen LogP contribution in [-0.4, -0.2) is 48.1 Å². The molecule has 2 N–H and O–H groups in total. The Bertz CT molecular complexity index is 614. The normalized spacial score (nSPS) is 21.5. The number of thioether (sulfide) groups is 1. The number of nitrogens with zero attached hydrogens (tertiary/aromatic N) is 2. The second-order valence-electron chi connectivity index (χ2n) is 6.55. The third-order valence-corrected chi connectivity index (χ3v) is 6.37. The molecule has 1 aromatic rings. The number of primary amides is 1. The van der Waals surface area contributed by atoms with Crippen molar-refractivity contribution >= 4 is 29.3 Å². The molecule has 0 saturated carbocycles. The third-order valence-electron chi connectivity index (χ3n) is 4.96. The lowest BCUT2D eigenvalue weighted by atomic mass is 9.96. The van der Waals surface area contributed by atoms with E-state index in [-0.39, 0.29) is 17.7 Å². The van der Waals surface area contributed by atoms with Gasteiger partial charge in [-0.25, -0.2) is 0 Å². The molecule has 130 valence electrons. The summed E-state index contributed by atoms with van der Waals surface area (Å²) in [6.07, 6.45) is 2.46. The van der Waals surface area contributed by atoms with Crippen molar-refractivity contribution in [3.05, 3.63) is 24.3 Å². The monoisotopic (exact) mass is 347 g/mol. The first-order chi connectivity index (χ1) is 11.6. The predicted molar refractivity (Wildman–Crippen MR) is 97.1 cm³/mol. The Morgan fingerprint density at radius 2 is 1.96 bits per heavy atom. The van der Waals surface area contributed by atoms with E-state index >= 15 is 0 Å². The summed E-state index contributed by atoms with van der Waals surface area (Å²) in [5.41, 5.74) is 6.53. The van der Waals surface area contributed by atoms with Gasteiger partial charge in [0.25, 0.3) is 0 Å². The van der Waals surface area contributed by atoms with Crippen LogP contribution in [0.3, 0.4) is 0 Å². The highest BCUT2D eigenvalue weighted by Crippen LogP contribution is 2.39. The summed E-state index contributed by atoms with van der Waals surface area (Å²) in [7, 11) is 0. The molecular weight excluding hydrogens is 322 g/mol. The zero-order chi connectivity index (χ0) is 17.1. The van der Waals surface area contributed by atoms with E-state index in [1.165, 1.54) is 4.90 Å². The zero-order valence-electron chi connectivity index (χ0n) is 14.1. The van der Waals surface area contributed by atoms with E-state index < -0.39 is 0 Å². The summed E-state index contributed by atoms with van der Waals surface area (Å²) in [6, 6.07) is 8.32. The molecule has 1 atom stereocenters. The van der Waals surface area contributed by atoms with Crippen molar-refractivity contribution in [2.24, 2.45) is 11.7 Å². The number of anilines is 1. The van der Waals surface area contributed by atoms with Crippen LogP contribution in [0.1, 0.15) is 26.2 Å². The molecule has 0 aliphatic carbocycles. The molecule has 2 aliphatic heterocycles. The predicted octanol–water partition coefficient (Wildman–Crippen LogP) is 2.10. The van der Waals surface area contributed by atoms with Gasteiger partial charge in [0, 0.05) is 35.7 Å². The largest absolute Gasteiger partial charge is 0.369 e. The maximum Gasteiger partial charge on any atom is 0.242 e. The first kappa shape index (κ1) is 17.1. The quantitative estimate of drug-likeness (QED) is 0.906. The summed E-state index contributed by atoms with van der Waals surface area (Å²) < 4.78 is 0. The van der Waals surface area contributed by atoms with E-state index in [1.54, 1.807) is 0 Å². The van der Waals surface area contributed by atoms with Crippen LogP contribution in [-0.2, 0) is 9.59 Å². The third kappa shape index (κ3) is 3.69. The molecule has 0 spiro atoms. The first-order valence-electron chi connectivity index (χ1n) is 8.66. The van der Waals surface area contributed by atoms with Crippen LogP contribution in [0.25, 0.3) is 0 Å². The van der Waals surface area contributed by atoms with Gasteiger partial charge in [-0.05, 0) is 31.4 Å². The summed E-state index contributed by atoms with van der Waals surface area (Å²) in [5, 5.41) is 0.522. The Morgan fingerprint density at radius 1 is 1.25 bits per heavy atom. The molecule has 1 fully saturated rings. The highest BCUT2D eigenvalue weighted by atomic mass is 32.2. The molecule has 3 rings (SSSR count). The Labute approximate surface area is 147 Å². The molecule has 0 bridgehead atoms. The fraction of sp³-hybridized carbons (Fsp3) is 0.556. The number of hydrogen-bond acceptors (Lipinski definition) is 4. The summed E-state index contributed by atoms with van der Waals surface area (Å²) in [4.78, 5) is 29.3. The Balaban J connectivity index is 1.65. The van der Waals surface area contributed by atoms with Gasteiger partial charge in [0.15, 0.2) is 0 Å². The highest BCUT2D eigenvalue weighted by molar-refractivity contribution is 8.00. The lowest BCUT2D eigenvalue weighted by Gasteiger charge is -2.37. The van der Waals surface area contributed by atoms with Gasteiger partial charge in [0.2, 0.25) is 11.8 Å². The molecule has 24 heavy (non-hydrogen) atoms. The number of nitrogens with two attached hydrogens (primary N) is 1. The number of benzene rings is 1. The minimum Gasteiger partial charge on any atom is -0.369 e. The average Bonchev–Trinajstić information content (AvgIpc) is 2.61. The smallest absolute Gasteiger partial charge is 0.242 e. The summed E-state index contributed by atoms with van der Waals surface area (Å²) >= 11 is 1.91. The van der Waals surface area contributed by atoms with E-state index in [0.717, 1.165) is 18.7 Å². The first-order valence-corrected chi connectivity index (χ1v) is 9.54. The van der Waals surface area contributed by atoms with Crippen molar-refractivity contribution in [2.75, 3.05) is 31.1 Å². The standard InChI is InChI=1S/C18H25N3O2S/c1-2-14-11-21(15-5-3-4-6-16(15)24-14)12-17(22)20-9-7-13(8-10-20)18(19)23/h3-6,13-14H,2,7-12H2,1H3,(H2,19,23)/t14-/m1/s1. The van der Waals surface area contributed by atoms with Gasteiger partial charge in [-0.3, -0.25) is 9.59 Å². The number of likely N-dealkylation sites (tertiary alicyclic amines) is 1. The molecule has 5 nitrogen and oxygen atoms in total. The number of rotatable bonds is 4. The maximum absolute atomic E-state index is 12.7. The topological polar surface area (TPSA) is 66.6 Å². The van der Waals surface area contributed by atoms with Crippen LogP contribution in [0.15, 0.2) is 29.2 Å². The van der Waals surface area contributed by atoms with Crippen LogP contribution >= 0.6 is 11.8 Å². The number of carbonyl (C=O) groups is 2. The van der Waals surface area contributed by atoms with Crippen LogP contribution in [0, 0.1) is 5.92 Å². The number of piperidine rings is 1. The Hall–Kier alpha value is -1.69. The Morgan fingerprint density at radius 3 is 2.62 bits per heavy atom. The van der Waals surface area contributed by atoms with Gasteiger partial charge in [-0.2, -0.15) is 0 Å². The van der Waals surface area contributed by atoms with E-state index in [1.807, 2.05) is 22.7 Å². The van der Waals surface area contributed by atoms with Crippen molar-refractivity contribution in [3.8, 4) is 0 Å². The van der Waals surface area contributed by atoms with E-state index in [0.29, 0.717) is 37.7 Å². The summed E-state index contributed by atoms with van der Waals surface area (Å²) in [5.74, 6) is -0.171. The fourth-order valence-electron chi connectivity index (χ4n) is 3.42. The minimum atomic E-state index is -0.241. The minimum absolute atomic E-state index is 0.0781. The molecule has 2 heterocycles. The van der Waals surface area contributed by atoms with Crippen molar-refractivity contribution < 1.29 is 9.59 Å². The molecular formula is C18H25N3O2S. The number of amides is 2. The van der Waals surface area contributed by atoms with Crippen molar-refractivity contribution in [1.29, 1.82) is 0 Å². The average molecular weight is 347 g/mol. The van der Waals surface area contributed by atoms with Crippen LogP contribution in [0.4, 0.5) is 5.69 Å². The van der Waals surface area contributed by atoms with Crippen LogP contribution in [0.5, 0.6) is 0 Å². The van der Waals surface area contributed by atoms with Gasteiger partial charge in [0.05, 0.1) is 12.2 Å². The molecule has 1 aromatic carbocycles. The van der Waals surface area contributed by atoms with E-state index in [4.69, 9.17) is 5.73 Å². The molecule has 2 aliphatic rings. The van der Waals surface area contributed by atoms with Crippen molar-refractivity contribution in [1.82, 2.24) is 4.90 Å². The molecule has 1 saturated heterocycles. The number of carbonyl (C=O) groups excluding carboxylic acids is 2. The number of fused-ring (bicyclic) bond motifs is 1. The van der Waals surface area contributed by atoms with E-state index in [9.17, 15) is 9.59 Å². The van der Waals surface area contributed by atoms with Crippen LogP contribution < -0.4 is 10.6 Å². The van der Waals surface area contributed by atoms with Gasteiger partial charge in [-0.15, -0.1) is 11.8 Å². The van der Waals surface area contributed by atoms with Gasteiger partial charge < -0.3 is 15.5 Å². The van der Waals surface area contributed by atoms with Gasteiger partial charge in [0.1, 0.15) is 0 Å². The lowest BCUT2D eigenvalue weighted by molar-refractivity contribution is -0.133. The van der Waals surface area contributed by atoms with Gasteiger partial charge in [-0.1, -0.05) is 19.1 Å². The van der Waals surface area contributed by atoms with Gasteiger partial charge >= 0.3 is 0 Å². The molecule has 0 radical (unpaired) electrons. The van der Waals surface area contributed by atoms with Crippen molar-refractivity contribution in [2.45, 2.75) is 36.3 Å². The van der Waals surface area contributed by atoms with E-state index in [2.05, 4.69) is 30.0 Å². The molecule has 0 aromatic heterocycles. The lowest BCUT2D eigenvalue weighted by Crippen LogP contribution is -2.47. The number of para-hydroxylation sites is 1. The molecule has 0 unspecified atom stereocenters. The SMILES string of the molecule is CC[C@@H]1CN(CC(=O)N2CCC(C(N)=O)CC2)c2ccccc2S1. The molecule has 6 heteroatoms. The zero-order valence-corrected chi connectivity index (χ0v) is 14.9. The Kier molecular flexibility index (Phi) is 5.33. The second kappa shape index (κ2) is 7.47. The highest BCUT2D eigenvalue weighted by Gasteiger charge is 2.29. The van der Waals surface area contributed by atoms with Crippen molar-refractivity contribution in [3.63, 3.8) is 0 Å². The number of hydrogen-bond donors (Lipinski definition) is 1. The van der Waals surface area contributed by atoms with Crippen LogP contribution in [0.2, 0.25) is 0 Å². The maximum atomic E-state index is 12.7. The summed E-state index contributed by atoms with van der Waals surface area (Å²) in [6.45, 7) is 4.78.